The summed E-state index contributed by atoms with van der Waals surface area (Å²) in [5, 5.41) is 0. The van der Waals surface area contributed by atoms with E-state index in [-0.39, 0.29) is 12.1 Å². The fraction of sp³-hybridized carbons (Fsp3) is 0.875. The zero-order chi connectivity index (χ0) is 8.27. The third-order valence-corrected chi connectivity index (χ3v) is 1.88. The van der Waals surface area contributed by atoms with E-state index in [4.69, 9.17) is 9.47 Å². The normalized spacial score (nSPS) is 31.5. The van der Waals surface area contributed by atoms with Gasteiger partial charge in [-0.3, -0.25) is 4.79 Å². The molecule has 0 aromatic carbocycles. The van der Waals surface area contributed by atoms with Crippen LogP contribution < -0.4 is 0 Å². The predicted molar refractivity (Wildman–Crippen MR) is 40.2 cm³/mol. The van der Waals surface area contributed by atoms with Crippen molar-refractivity contribution in [1.29, 1.82) is 0 Å². The largest absolute Gasteiger partial charge is 0.462 e. The average molecular weight is 158 g/mol. The van der Waals surface area contributed by atoms with Gasteiger partial charge in [0.2, 0.25) is 0 Å². The van der Waals surface area contributed by atoms with Gasteiger partial charge in [-0.15, -0.1) is 0 Å². The Balaban J connectivity index is 2.35. The number of rotatable bonds is 1. The minimum absolute atomic E-state index is 0.0706. The van der Waals surface area contributed by atoms with Crippen molar-refractivity contribution in [3.05, 3.63) is 0 Å². The van der Waals surface area contributed by atoms with Gasteiger partial charge in [0.05, 0.1) is 13.2 Å². The van der Waals surface area contributed by atoms with Crippen LogP contribution in [0, 0.1) is 5.92 Å². The minimum Gasteiger partial charge on any atom is -0.462 e. The van der Waals surface area contributed by atoms with Gasteiger partial charge in [-0.05, 0) is 0 Å². The molecule has 3 heteroatoms. The van der Waals surface area contributed by atoms with Crippen molar-refractivity contribution in [3.8, 4) is 0 Å². The summed E-state index contributed by atoms with van der Waals surface area (Å²) in [7, 11) is 0. The number of carbonyl (C=O) groups is 1. The number of carbonyl (C=O) groups excluding carboxylic acids is 1. The lowest BCUT2D eigenvalue weighted by Gasteiger charge is -2.27. The molecule has 0 aromatic heterocycles. The molecule has 0 spiro atoms. The molecule has 1 rings (SSSR count). The van der Waals surface area contributed by atoms with E-state index in [1.807, 2.05) is 6.92 Å². The van der Waals surface area contributed by atoms with Gasteiger partial charge in [-0.2, -0.15) is 0 Å². The molecule has 1 heterocycles. The van der Waals surface area contributed by atoms with Crippen molar-refractivity contribution < 1.29 is 14.3 Å². The molecule has 2 atom stereocenters. The summed E-state index contributed by atoms with van der Waals surface area (Å²) in [4.78, 5) is 10.6. The maximum Gasteiger partial charge on any atom is 0.302 e. The summed E-state index contributed by atoms with van der Waals surface area (Å²) >= 11 is 0. The topological polar surface area (TPSA) is 35.5 Å². The molecule has 1 saturated heterocycles. The van der Waals surface area contributed by atoms with Crippen molar-refractivity contribution in [2.45, 2.75) is 26.4 Å². The Hall–Kier alpha value is -0.570. The summed E-state index contributed by atoms with van der Waals surface area (Å²) in [6, 6.07) is 0. The number of ether oxygens (including phenoxy) is 2. The molecule has 64 valence electrons. The molecule has 0 saturated carbocycles. The van der Waals surface area contributed by atoms with Crippen molar-refractivity contribution in [2.75, 3.05) is 13.2 Å². The van der Waals surface area contributed by atoms with Gasteiger partial charge in [0.15, 0.2) is 0 Å². The first-order valence-corrected chi connectivity index (χ1v) is 3.95. The minimum atomic E-state index is -0.191. The molecule has 0 aromatic rings. The second-order valence-corrected chi connectivity index (χ2v) is 2.99. The zero-order valence-corrected chi connectivity index (χ0v) is 7.00. The highest BCUT2D eigenvalue weighted by Gasteiger charge is 2.23. The molecule has 1 unspecified atom stereocenters. The van der Waals surface area contributed by atoms with E-state index >= 15 is 0 Å². The van der Waals surface area contributed by atoms with E-state index in [9.17, 15) is 4.79 Å². The van der Waals surface area contributed by atoms with Crippen molar-refractivity contribution in [3.63, 3.8) is 0 Å². The zero-order valence-electron chi connectivity index (χ0n) is 7.00. The highest BCUT2D eigenvalue weighted by atomic mass is 16.6. The van der Waals surface area contributed by atoms with Crippen molar-refractivity contribution in [1.82, 2.24) is 0 Å². The van der Waals surface area contributed by atoms with Crippen LogP contribution in [-0.2, 0) is 14.3 Å². The molecule has 0 bridgehead atoms. The maximum absolute atomic E-state index is 10.6. The van der Waals surface area contributed by atoms with Gasteiger partial charge in [0.25, 0.3) is 0 Å². The van der Waals surface area contributed by atoms with Crippen LogP contribution in [0.25, 0.3) is 0 Å². The maximum atomic E-state index is 10.6. The van der Waals surface area contributed by atoms with Gasteiger partial charge in [-0.25, -0.2) is 0 Å². The van der Waals surface area contributed by atoms with Crippen LogP contribution >= 0.6 is 0 Å². The number of esters is 1. The first-order chi connectivity index (χ1) is 5.20. The Morgan fingerprint density at radius 2 is 2.36 bits per heavy atom. The molecule has 3 nitrogen and oxygen atoms in total. The monoisotopic (exact) mass is 158 g/mol. The Morgan fingerprint density at radius 3 is 2.91 bits per heavy atom. The van der Waals surface area contributed by atoms with Crippen LogP contribution in [0.2, 0.25) is 0 Å². The Morgan fingerprint density at radius 1 is 1.64 bits per heavy atom. The summed E-state index contributed by atoms with van der Waals surface area (Å²) in [5.74, 6) is 0.149. The Bertz CT molecular complexity index is 144. The molecule has 11 heavy (non-hydrogen) atoms. The lowest BCUT2D eigenvalue weighted by Crippen LogP contribution is -2.33. The van der Waals surface area contributed by atoms with Gasteiger partial charge in [0.1, 0.15) is 6.10 Å². The fourth-order valence-corrected chi connectivity index (χ4v) is 1.25. The summed E-state index contributed by atoms with van der Waals surface area (Å²) in [6.45, 7) is 4.90. The second kappa shape index (κ2) is 3.72. The molecule has 0 aliphatic carbocycles. The molecule has 0 N–H and O–H groups in total. The summed E-state index contributed by atoms with van der Waals surface area (Å²) in [5.41, 5.74) is 0. The lowest BCUT2D eigenvalue weighted by molar-refractivity contribution is -0.154. The molecule has 0 amide bonds. The van der Waals surface area contributed by atoms with Crippen LogP contribution in [0.4, 0.5) is 0 Å². The van der Waals surface area contributed by atoms with Crippen LogP contribution in [0.5, 0.6) is 0 Å². The van der Waals surface area contributed by atoms with Crippen molar-refractivity contribution in [2.24, 2.45) is 5.92 Å². The smallest absolute Gasteiger partial charge is 0.302 e. The molecular formula is C8H14O3. The highest BCUT2D eigenvalue weighted by molar-refractivity contribution is 5.66. The van der Waals surface area contributed by atoms with Crippen molar-refractivity contribution >= 4 is 5.97 Å². The summed E-state index contributed by atoms with van der Waals surface area (Å²) < 4.78 is 10.3. The molecule has 1 fully saturated rings. The van der Waals surface area contributed by atoms with Crippen LogP contribution in [0.1, 0.15) is 20.3 Å². The third-order valence-electron chi connectivity index (χ3n) is 1.88. The van der Waals surface area contributed by atoms with E-state index in [0.29, 0.717) is 19.1 Å². The fourth-order valence-electron chi connectivity index (χ4n) is 1.25. The lowest BCUT2D eigenvalue weighted by atomic mass is 10.0. The number of hydrogen-bond acceptors (Lipinski definition) is 3. The third kappa shape index (κ3) is 2.50. The van der Waals surface area contributed by atoms with Gasteiger partial charge in [0, 0.05) is 19.3 Å². The predicted octanol–water partition coefficient (Wildman–Crippen LogP) is 0.974. The van der Waals surface area contributed by atoms with E-state index in [0.717, 1.165) is 6.42 Å². The van der Waals surface area contributed by atoms with Gasteiger partial charge >= 0.3 is 5.97 Å². The quantitative estimate of drug-likeness (QED) is 0.533. The second-order valence-electron chi connectivity index (χ2n) is 2.99. The first kappa shape index (κ1) is 8.53. The average Bonchev–Trinajstić information content (AvgIpc) is 1.93. The summed E-state index contributed by atoms with van der Waals surface area (Å²) in [6.07, 6.45) is 0.905. The molecule has 1 aliphatic rings. The first-order valence-electron chi connectivity index (χ1n) is 3.95. The van der Waals surface area contributed by atoms with Crippen LogP contribution in [0.3, 0.4) is 0 Å². The van der Waals surface area contributed by atoms with Crippen LogP contribution in [-0.4, -0.2) is 25.3 Å². The SMILES string of the molecule is CC(=O)OC1CCOC[C@@H]1C. The van der Waals surface area contributed by atoms with Gasteiger partial charge in [-0.1, -0.05) is 6.92 Å². The van der Waals surface area contributed by atoms with E-state index in [1.54, 1.807) is 0 Å². The Kier molecular flexibility index (Phi) is 2.88. The standard InChI is InChI=1S/C8H14O3/c1-6-5-10-4-3-8(6)11-7(2)9/h6,8H,3-5H2,1-2H3/t6-,8?/m0/s1. The highest BCUT2D eigenvalue weighted by Crippen LogP contribution is 2.17. The Labute approximate surface area is 66.7 Å². The van der Waals surface area contributed by atoms with E-state index in [2.05, 4.69) is 0 Å². The van der Waals surface area contributed by atoms with E-state index in [1.165, 1.54) is 6.92 Å². The number of hydrogen-bond donors (Lipinski definition) is 0. The molecule has 0 radical (unpaired) electrons. The van der Waals surface area contributed by atoms with E-state index < -0.39 is 0 Å². The van der Waals surface area contributed by atoms with Gasteiger partial charge < -0.3 is 9.47 Å². The van der Waals surface area contributed by atoms with Crippen LogP contribution in [0.15, 0.2) is 0 Å². The molecule has 1 aliphatic heterocycles. The molecular weight excluding hydrogens is 144 g/mol.